The third kappa shape index (κ3) is 5.71. The van der Waals surface area contributed by atoms with Crippen LogP contribution in [0.3, 0.4) is 0 Å². The maximum atomic E-state index is 12.4. The second kappa shape index (κ2) is 10.2. The number of carbonyl (C=O) groups excluding carboxylic acids is 3. The summed E-state index contributed by atoms with van der Waals surface area (Å²) in [6.45, 7) is -0.414. The summed E-state index contributed by atoms with van der Waals surface area (Å²) >= 11 is 7.19. The third-order valence-corrected chi connectivity index (χ3v) is 5.78. The molecule has 4 rings (SSSR count). The normalized spacial score (nSPS) is 10.5. The summed E-state index contributed by atoms with van der Waals surface area (Å²) in [5.41, 5.74) is 2.41. The molecule has 0 spiro atoms. The monoisotopic (exact) mass is 476 g/mol. The molecule has 0 aliphatic heterocycles. The molecular weight excluding hydrogens is 460 g/mol. The van der Waals surface area contributed by atoms with Gasteiger partial charge in [-0.05, 0) is 48.5 Å². The highest BCUT2D eigenvalue weighted by molar-refractivity contribution is 7.13. The predicted octanol–water partition coefficient (Wildman–Crippen LogP) is 5.76. The number of esters is 1. The Bertz CT molecular complexity index is 1290. The molecular formula is C25H17ClN2O4S. The molecule has 0 unspecified atom stereocenters. The minimum atomic E-state index is -0.674. The molecule has 164 valence electrons. The molecule has 1 N–H and O–H groups in total. The second-order valence-electron chi connectivity index (χ2n) is 6.94. The number of aromatic nitrogens is 1. The summed E-state index contributed by atoms with van der Waals surface area (Å²) in [7, 11) is 0. The lowest BCUT2D eigenvalue weighted by molar-refractivity contribution is 0.0470. The summed E-state index contributed by atoms with van der Waals surface area (Å²) in [4.78, 5) is 41.2. The molecule has 0 aliphatic carbocycles. The van der Waals surface area contributed by atoms with Crippen molar-refractivity contribution < 1.29 is 19.1 Å². The molecule has 1 aromatic heterocycles. The summed E-state index contributed by atoms with van der Waals surface area (Å²) in [5.74, 6) is -1.28. The molecule has 1 heterocycles. The number of hydrogen-bond donors (Lipinski definition) is 1. The zero-order valence-electron chi connectivity index (χ0n) is 17.2. The fourth-order valence-electron chi connectivity index (χ4n) is 2.91. The van der Waals surface area contributed by atoms with Gasteiger partial charge in [-0.15, -0.1) is 11.3 Å². The van der Waals surface area contributed by atoms with Gasteiger partial charge in [-0.2, -0.15) is 0 Å². The molecule has 0 radical (unpaired) electrons. The number of Topliss-reactive ketones (excluding diaryl/α,β-unsaturated/α-hetero) is 1. The van der Waals surface area contributed by atoms with E-state index in [4.69, 9.17) is 16.3 Å². The highest BCUT2D eigenvalue weighted by atomic mass is 35.5. The van der Waals surface area contributed by atoms with Crippen LogP contribution in [-0.2, 0) is 4.74 Å². The summed E-state index contributed by atoms with van der Waals surface area (Å²) in [6.07, 6.45) is 0. The lowest BCUT2D eigenvalue weighted by Gasteiger charge is -2.07. The zero-order valence-corrected chi connectivity index (χ0v) is 18.7. The predicted molar refractivity (Wildman–Crippen MR) is 128 cm³/mol. The van der Waals surface area contributed by atoms with E-state index < -0.39 is 12.6 Å². The molecule has 0 fully saturated rings. The van der Waals surface area contributed by atoms with E-state index in [-0.39, 0.29) is 17.4 Å². The Labute approximate surface area is 198 Å². The first-order valence-corrected chi connectivity index (χ1v) is 11.1. The molecule has 0 saturated heterocycles. The highest BCUT2D eigenvalue weighted by Gasteiger charge is 2.16. The van der Waals surface area contributed by atoms with E-state index in [2.05, 4.69) is 10.3 Å². The van der Waals surface area contributed by atoms with Gasteiger partial charge >= 0.3 is 5.97 Å². The number of nitrogens with one attached hydrogen (secondary N) is 1. The fraction of sp³-hybridized carbons (Fsp3) is 0.0400. The average molecular weight is 477 g/mol. The van der Waals surface area contributed by atoms with Crippen LogP contribution < -0.4 is 5.32 Å². The number of rotatable bonds is 7. The Morgan fingerprint density at radius 1 is 0.879 bits per heavy atom. The number of carbonyl (C=O) groups is 3. The van der Waals surface area contributed by atoms with Crippen molar-refractivity contribution in [2.75, 3.05) is 11.9 Å². The number of thiazole rings is 1. The molecule has 4 aromatic rings. The van der Waals surface area contributed by atoms with Gasteiger partial charge < -0.3 is 10.1 Å². The van der Waals surface area contributed by atoms with Gasteiger partial charge in [0.2, 0.25) is 0 Å². The summed E-state index contributed by atoms with van der Waals surface area (Å²) < 4.78 is 5.13. The number of halogens is 1. The minimum Gasteiger partial charge on any atom is -0.453 e. The van der Waals surface area contributed by atoms with E-state index in [1.165, 1.54) is 11.3 Å². The van der Waals surface area contributed by atoms with E-state index in [0.29, 0.717) is 26.8 Å². The van der Waals surface area contributed by atoms with Crippen LogP contribution in [0.15, 0.2) is 84.2 Å². The van der Waals surface area contributed by atoms with Crippen molar-refractivity contribution in [2.45, 2.75) is 0 Å². The third-order valence-electron chi connectivity index (χ3n) is 4.64. The number of ketones is 1. The molecule has 6 nitrogen and oxygen atoms in total. The average Bonchev–Trinajstić information content (AvgIpc) is 3.34. The molecule has 8 heteroatoms. The van der Waals surface area contributed by atoms with Gasteiger partial charge in [0.05, 0.1) is 0 Å². The molecule has 0 bridgehead atoms. The van der Waals surface area contributed by atoms with E-state index in [0.717, 1.165) is 5.56 Å². The first-order valence-electron chi connectivity index (χ1n) is 9.88. The van der Waals surface area contributed by atoms with Gasteiger partial charge in [-0.25, -0.2) is 9.78 Å². The maximum absolute atomic E-state index is 12.4. The van der Waals surface area contributed by atoms with Crippen LogP contribution in [-0.4, -0.2) is 29.3 Å². The van der Waals surface area contributed by atoms with Crippen LogP contribution in [0.2, 0.25) is 5.02 Å². The number of nitrogens with zero attached hydrogens (tertiary/aromatic N) is 1. The summed E-state index contributed by atoms with van der Waals surface area (Å²) in [6, 6.07) is 22.3. The number of ether oxygens (including phenoxy) is 1. The Balaban J connectivity index is 1.32. The van der Waals surface area contributed by atoms with Crippen LogP contribution in [0.1, 0.15) is 31.2 Å². The fourth-order valence-corrected chi connectivity index (χ4v) is 3.83. The first-order chi connectivity index (χ1) is 16.0. The Morgan fingerprint density at radius 2 is 1.58 bits per heavy atom. The lowest BCUT2D eigenvalue weighted by Crippen LogP contribution is -2.15. The van der Waals surface area contributed by atoms with Crippen LogP contribution in [0.5, 0.6) is 0 Å². The van der Waals surface area contributed by atoms with Gasteiger partial charge in [0.15, 0.2) is 18.1 Å². The number of hydrogen-bond acceptors (Lipinski definition) is 6. The van der Waals surface area contributed by atoms with E-state index in [1.807, 2.05) is 18.2 Å². The maximum Gasteiger partial charge on any atom is 0.358 e. The Kier molecular flexibility index (Phi) is 6.92. The summed E-state index contributed by atoms with van der Waals surface area (Å²) in [5, 5.41) is 5.61. The first kappa shape index (κ1) is 22.4. The van der Waals surface area contributed by atoms with Crippen LogP contribution in [0, 0.1) is 0 Å². The molecule has 0 atom stereocenters. The molecule has 1 amide bonds. The van der Waals surface area contributed by atoms with E-state index in [1.54, 1.807) is 66.0 Å². The van der Waals surface area contributed by atoms with E-state index >= 15 is 0 Å². The Morgan fingerprint density at radius 3 is 2.27 bits per heavy atom. The van der Waals surface area contributed by atoms with Crippen LogP contribution >= 0.6 is 22.9 Å². The molecule has 3 aromatic carbocycles. The molecule has 0 aliphatic rings. The number of anilines is 1. The molecule has 0 saturated carbocycles. The van der Waals surface area contributed by atoms with Gasteiger partial charge in [-0.1, -0.05) is 41.9 Å². The Hall–Kier alpha value is -3.81. The van der Waals surface area contributed by atoms with Crippen molar-refractivity contribution >= 4 is 46.3 Å². The van der Waals surface area contributed by atoms with Crippen molar-refractivity contribution in [3.63, 3.8) is 0 Å². The van der Waals surface area contributed by atoms with Crippen molar-refractivity contribution in [3.8, 4) is 10.6 Å². The standard InChI is InChI=1S/C25H17ClN2O4S/c26-19-10-6-18(7-11-19)24-28-21(15-33-24)25(31)32-14-22(29)16-8-12-20(13-9-16)27-23(30)17-4-2-1-3-5-17/h1-13,15H,14H2,(H,27,30). The number of amides is 1. The van der Waals surface area contributed by atoms with Crippen molar-refractivity contribution in [1.29, 1.82) is 0 Å². The van der Waals surface area contributed by atoms with Gasteiger partial charge in [0, 0.05) is 32.8 Å². The minimum absolute atomic E-state index is 0.136. The second-order valence-corrected chi connectivity index (χ2v) is 8.24. The largest absolute Gasteiger partial charge is 0.453 e. The van der Waals surface area contributed by atoms with Crippen molar-refractivity contribution in [3.05, 3.63) is 106 Å². The van der Waals surface area contributed by atoms with Crippen LogP contribution in [0.4, 0.5) is 5.69 Å². The van der Waals surface area contributed by atoms with Crippen molar-refractivity contribution in [1.82, 2.24) is 4.98 Å². The van der Waals surface area contributed by atoms with Gasteiger partial charge in [0.25, 0.3) is 5.91 Å². The lowest BCUT2D eigenvalue weighted by atomic mass is 10.1. The highest BCUT2D eigenvalue weighted by Crippen LogP contribution is 2.25. The molecule has 33 heavy (non-hydrogen) atoms. The quantitative estimate of drug-likeness (QED) is 0.271. The van der Waals surface area contributed by atoms with Crippen LogP contribution in [0.25, 0.3) is 10.6 Å². The zero-order chi connectivity index (χ0) is 23.2. The topological polar surface area (TPSA) is 85.4 Å². The van der Waals surface area contributed by atoms with Gasteiger partial charge in [-0.3, -0.25) is 9.59 Å². The van der Waals surface area contributed by atoms with Crippen molar-refractivity contribution in [2.24, 2.45) is 0 Å². The number of benzene rings is 3. The van der Waals surface area contributed by atoms with E-state index in [9.17, 15) is 14.4 Å². The SMILES string of the molecule is O=C(COC(=O)c1csc(-c2ccc(Cl)cc2)n1)c1ccc(NC(=O)c2ccccc2)cc1. The van der Waals surface area contributed by atoms with Gasteiger partial charge in [0.1, 0.15) is 5.01 Å². The smallest absolute Gasteiger partial charge is 0.358 e.